The highest BCUT2D eigenvalue weighted by Gasteiger charge is 2.39. The molecule has 1 aromatic carbocycles. The Morgan fingerprint density at radius 1 is 1.28 bits per heavy atom. The SMILES string of the molecule is O=C(O)[C@@H]1Cc2ccccc2N1C(=O)CC1CC1. The smallest absolute Gasteiger partial charge is 0.327 e. The van der Waals surface area contributed by atoms with Crippen LogP contribution in [0.3, 0.4) is 0 Å². The van der Waals surface area contributed by atoms with E-state index in [0.29, 0.717) is 18.8 Å². The molecule has 1 amide bonds. The third-order valence-electron chi connectivity index (χ3n) is 3.69. The van der Waals surface area contributed by atoms with Gasteiger partial charge in [-0.2, -0.15) is 0 Å². The molecule has 2 aliphatic rings. The number of nitrogens with zero attached hydrogens (tertiary/aromatic N) is 1. The second-order valence-electron chi connectivity index (χ2n) is 5.10. The summed E-state index contributed by atoms with van der Waals surface area (Å²) in [6.45, 7) is 0. The number of carbonyl (C=O) groups is 2. The van der Waals surface area contributed by atoms with Crippen molar-refractivity contribution in [3.63, 3.8) is 0 Å². The number of aliphatic carboxylic acids is 1. The van der Waals surface area contributed by atoms with E-state index in [9.17, 15) is 14.7 Å². The first-order chi connectivity index (χ1) is 8.66. The van der Waals surface area contributed by atoms with Crippen molar-refractivity contribution in [1.82, 2.24) is 0 Å². The minimum absolute atomic E-state index is 0.0464. The van der Waals surface area contributed by atoms with E-state index in [0.717, 1.165) is 24.1 Å². The van der Waals surface area contributed by atoms with E-state index in [2.05, 4.69) is 0 Å². The van der Waals surface area contributed by atoms with E-state index in [1.165, 1.54) is 4.90 Å². The van der Waals surface area contributed by atoms with Gasteiger partial charge >= 0.3 is 5.97 Å². The summed E-state index contributed by atoms with van der Waals surface area (Å²) >= 11 is 0. The van der Waals surface area contributed by atoms with Crippen LogP contribution in [-0.4, -0.2) is 23.0 Å². The van der Waals surface area contributed by atoms with Crippen molar-refractivity contribution in [1.29, 1.82) is 0 Å². The van der Waals surface area contributed by atoms with Crippen molar-refractivity contribution in [2.45, 2.75) is 31.7 Å². The molecule has 1 saturated carbocycles. The number of amides is 1. The molecule has 1 N–H and O–H groups in total. The zero-order chi connectivity index (χ0) is 12.7. The molecule has 4 nitrogen and oxygen atoms in total. The Labute approximate surface area is 105 Å². The fourth-order valence-electron chi connectivity index (χ4n) is 2.56. The van der Waals surface area contributed by atoms with Crippen molar-refractivity contribution in [2.24, 2.45) is 5.92 Å². The van der Waals surface area contributed by atoms with Crippen molar-refractivity contribution in [3.05, 3.63) is 29.8 Å². The lowest BCUT2D eigenvalue weighted by Crippen LogP contribution is -2.42. The minimum atomic E-state index is -0.921. The predicted molar refractivity (Wildman–Crippen MR) is 66.4 cm³/mol. The Kier molecular flexibility index (Phi) is 2.58. The highest BCUT2D eigenvalue weighted by Crippen LogP contribution is 2.37. The van der Waals surface area contributed by atoms with Gasteiger partial charge in [0.05, 0.1) is 0 Å². The average molecular weight is 245 g/mol. The number of carbonyl (C=O) groups excluding carboxylic acids is 1. The molecule has 3 rings (SSSR count). The normalized spacial score (nSPS) is 21.8. The van der Waals surface area contributed by atoms with E-state index in [1.807, 2.05) is 24.3 Å². The van der Waals surface area contributed by atoms with Crippen LogP contribution < -0.4 is 4.90 Å². The lowest BCUT2D eigenvalue weighted by atomic mass is 10.1. The molecule has 0 saturated heterocycles. The molecule has 0 radical (unpaired) electrons. The molecule has 1 fully saturated rings. The summed E-state index contributed by atoms with van der Waals surface area (Å²) < 4.78 is 0. The van der Waals surface area contributed by atoms with E-state index in [1.54, 1.807) is 0 Å². The van der Waals surface area contributed by atoms with Crippen LogP contribution in [0.5, 0.6) is 0 Å². The number of fused-ring (bicyclic) bond motifs is 1. The lowest BCUT2D eigenvalue weighted by Gasteiger charge is -2.22. The molecule has 18 heavy (non-hydrogen) atoms. The largest absolute Gasteiger partial charge is 0.480 e. The number of carboxylic acid groups (broad SMARTS) is 1. The molecule has 0 aromatic heterocycles. The predicted octanol–water partition coefficient (Wildman–Crippen LogP) is 1.83. The summed E-state index contributed by atoms with van der Waals surface area (Å²) in [6, 6.07) is 6.74. The summed E-state index contributed by atoms with van der Waals surface area (Å²) in [5, 5.41) is 9.26. The molecular formula is C14H15NO3. The Bertz CT molecular complexity index is 508. The molecule has 94 valence electrons. The fraction of sp³-hybridized carbons (Fsp3) is 0.429. The van der Waals surface area contributed by atoms with Crippen LogP contribution in [0.4, 0.5) is 5.69 Å². The van der Waals surface area contributed by atoms with Gasteiger partial charge < -0.3 is 5.11 Å². The highest BCUT2D eigenvalue weighted by molar-refractivity contribution is 6.02. The average Bonchev–Trinajstić information content (AvgIpc) is 3.06. The molecule has 0 spiro atoms. The first kappa shape index (κ1) is 11.3. The first-order valence-electron chi connectivity index (χ1n) is 6.29. The van der Waals surface area contributed by atoms with Gasteiger partial charge in [-0.3, -0.25) is 9.69 Å². The summed E-state index contributed by atoms with van der Waals surface area (Å²) in [6.07, 6.45) is 3.10. The zero-order valence-corrected chi connectivity index (χ0v) is 10.0. The summed E-state index contributed by atoms with van der Waals surface area (Å²) in [4.78, 5) is 25.0. The molecule has 4 heteroatoms. The number of hydrogen-bond acceptors (Lipinski definition) is 2. The second-order valence-corrected chi connectivity index (χ2v) is 5.10. The van der Waals surface area contributed by atoms with Crippen molar-refractivity contribution in [3.8, 4) is 0 Å². The van der Waals surface area contributed by atoms with Crippen molar-refractivity contribution in [2.75, 3.05) is 4.90 Å². The first-order valence-corrected chi connectivity index (χ1v) is 6.29. The third-order valence-corrected chi connectivity index (χ3v) is 3.69. The number of benzene rings is 1. The number of anilines is 1. The molecule has 1 heterocycles. The molecule has 0 unspecified atom stereocenters. The van der Waals surface area contributed by atoms with Gasteiger partial charge in [-0.05, 0) is 30.4 Å². The molecule has 1 aliphatic heterocycles. The zero-order valence-electron chi connectivity index (χ0n) is 10.0. The maximum atomic E-state index is 12.2. The maximum Gasteiger partial charge on any atom is 0.327 e. The number of para-hydroxylation sites is 1. The summed E-state index contributed by atoms with van der Waals surface area (Å²) in [7, 11) is 0. The monoisotopic (exact) mass is 245 g/mol. The molecule has 1 aliphatic carbocycles. The maximum absolute atomic E-state index is 12.2. The molecule has 1 aromatic rings. The van der Waals surface area contributed by atoms with Crippen molar-refractivity contribution < 1.29 is 14.7 Å². The van der Waals surface area contributed by atoms with Gasteiger partial charge in [0.25, 0.3) is 0 Å². The van der Waals surface area contributed by atoms with Crippen LogP contribution in [0.1, 0.15) is 24.8 Å². The molecule has 1 atom stereocenters. The number of rotatable bonds is 3. The Balaban J connectivity index is 1.91. The topological polar surface area (TPSA) is 57.6 Å². The van der Waals surface area contributed by atoms with Gasteiger partial charge in [0.2, 0.25) is 5.91 Å². The standard InChI is InChI=1S/C14H15NO3/c16-13(7-9-5-6-9)15-11-4-2-1-3-10(11)8-12(15)14(17)18/h1-4,9,12H,5-8H2,(H,17,18)/t12-/m0/s1. The van der Waals surface area contributed by atoms with Crippen LogP contribution in [0.2, 0.25) is 0 Å². The van der Waals surface area contributed by atoms with Crippen LogP contribution in [0.15, 0.2) is 24.3 Å². The number of hydrogen-bond donors (Lipinski definition) is 1. The highest BCUT2D eigenvalue weighted by atomic mass is 16.4. The summed E-state index contributed by atoms with van der Waals surface area (Å²) in [5.41, 5.74) is 1.73. The van der Waals surface area contributed by atoms with Gasteiger partial charge in [-0.1, -0.05) is 18.2 Å². The Morgan fingerprint density at radius 2 is 2.00 bits per heavy atom. The van der Waals surface area contributed by atoms with Crippen molar-refractivity contribution >= 4 is 17.6 Å². The van der Waals surface area contributed by atoms with E-state index < -0.39 is 12.0 Å². The van der Waals surface area contributed by atoms with E-state index >= 15 is 0 Å². The van der Waals surface area contributed by atoms with E-state index in [-0.39, 0.29) is 5.91 Å². The molecular weight excluding hydrogens is 230 g/mol. The Hall–Kier alpha value is -1.84. The van der Waals surface area contributed by atoms with Gasteiger partial charge in [0, 0.05) is 18.5 Å². The van der Waals surface area contributed by atoms with Gasteiger partial charge in [-0.25, -0.2) is 4.79 Å². The van der Waals surface area contributed by atoms with Crippen LogP contribution in [0, 0.1) is 5.92 Å². The van der Waals surface area contributed by atoms with Crippen LogP contribution >= 0.6 is 0 Å². The summed E-state index contributed by atoms with van der Waals surface area (Å²) in [5.74, 6) is -0.495. The third kappa shape index (κ3) is 1.88. The lowest BCUT2D eigenvalue weighted by molar-refractivity contribution is -0.139. The van der Waals surface area contributed by atoms with E-state index in [4.69, 9.17) is 0 Å². The fourth-order valence-corrected chi connectivity index (χ4v) is 2.56. The van der Waals surface area contributed by atoms with Crippen LogP contribution in [0.25, 0.3) is 0 Å². The van der Waals surface area contributed by atoms with Gasteiger partial charge in [-0.15, -0.1) is 0 Å². The quantitative estimate of drug-likeness (QED) is 0.883. The molecule has 0 bridgehead atoms. The van der Waals surface area contributed by atoms with Gasteiger partial charge in [0.1, 0.15) is 6.04 Å². The van der Waals surface area contributed by atoms with Gasteiger partial charge in [0.15, 0.2) is 0 Å². The van der Waals surface area contributed by atoms with Crippen LogP contribution in [-0.2, 0) is 16.0 Å². The second kappa shape index (κ2) is 4.12. The Morgan fingerprint density at radius 3 is 2.67 bits per heavy atom. The number of carboxylic acids is 1. The minimum Gasteiger partial charge on any atom is -0.480 e.